The summed E-state index contributed by atoms with van der Waals surface area (Å²) in [6.07, 6.45) is 6.84. The molecule has 11 nitrogen and oxygen atoms in total. The minimum Gasteiger partial charge on any atom is -0.453 e. The van der Waals surface area contributed by atoms with Crippen molar-refractivity contribution in [3.05, 3.63) is 131 Å². The molecule has 1 fully saturated rings. The largest absolute Gasteiger partial charge is 0.453 e. The quantitative estimate of drug-likeness (QED) is 0.104. The Labute approximate surface area is 327 Å². The molecule has 2 aliphatic heterocycles. The Morgan fingerprint density at radius 1 is 0.804 bits per heavy atom. The van der Waals surface area contributed by atoms with E-state index in [0.717, 1.165) is 64.4 Å². The number of benzene rings is 3. The monoisotopic (exact) mass is 749 g/mol. The van der Waals surface area contributed by atoms with Crippen molar-refractivity contribution in [1.29, 1.82) is 0 Å². The molecule has 286 valence electrons. The average Bonchev–Trinajstić information content (AvgIpc) is 4.06. The second-order valence-electron chi connectivity index (χ2n) is 14.9. The fraction of sp³-hybridized carbons (Fsp3) is 0.311. The lowest BCUT2D eigenvalue weighted by atomic mass is 9.96. The summed E-state index contributed by atoms with van der Waals surface area (Å²) in [6.45, 7) is 9.35. The molecule has 3 aromatic carbocycles. The molecular weight excluding hydrogens is 703 g/mol. The average molecular weight is 750 g/mol. The Balaban J connectivity index is 1.00. The number of rotatable bonds is 9. The van der Waals surface area contributed by atoms with Crippen LogP contribution in [0.5, 0.6) is 0 Å². The first kappa shape index (κ1) is 37.9. The number of methoxy groups -OCH3 is 1. The van der Waals surface area contributed by atoms with Gasteiger partial charge in [-0.2, -0.15) is 0 Å². The van der Waals surface area contributed by atoms with Crippen LogP contribution in [0.25, 0.3) is 22.5 Å². The Morgan fingerprint density at radius 3 is 1.98 bits per heavy atom. The summed E-state index contributed by atoms with van der Waals surface area (Å²) in [6, 6.07) is 23.8. The van der Waals surface area contributed by atoms with Crippen LogP contribution in [0.1, 0.15) is 87.0 Å². The van der Waals surface area contributed by atoms with Gasteiger partial charge < -0.3 is 29.8 Å². The summed E-state index contributed by atoms with van der Waals surface area (Å²) in [5.74, 6) is 8.21. The molecule has 0 saturated carbocycles. The van der Waals surface area contributed by atoms with E-state index >= 15 is 0 Å². The van der Waals surface area contributed by atoms with E-state index in [9.17, 15) is 14.4 Å². The lowest BCUT2D eigenvalue weighted by Gasteiger charge is -2.28. The predicted octanol–water partition coefficient (Wildman–Crippen LogP) is 7.75. The van der Waals surface area contributed by atoms with Crippen LogP contribution in [0.15, 0.2) is 103 Å². The second kappa shape index (κ2) is 16.5. The number of hydrogen-bond acceptors (Lipinski definition) is 6. The Bertz CT molecular complexity index is 2280. The summed E-state index contributed by atoms with van der Waals surface area (Å²) in [7, 11) is 1.28. The van der Waals surface area contributed by atoms with Crippen LogP contribution in [-0.2, 0) is 14.3 Å². The van der Waals surface area contributed by atoms with E-state index in [2.05, 4.69) is 50.9 Å². The second-order valence-corrected chi connectivity index (χ2v) is 14.9. The number of imidazole rings is 2. The number of nitrogens with zero attached hydrogens (tertiary/aromatic N) is 4. The van der Waals surface area contributed by atoms with E-state index < -0.39 is 18.2 Å². The maximum absolute atomic E-state index is 13.9. The highest BCUT2D eigenvalue weighted by Crippen LogP contribution is 2.35. The number of ether oxygens (including phenoxy) is 1. The van der Waals surface area contributed by atoms with Crippen molar-refractivity contribution in [2.75, 3.05) is 20.2 Å². The summed E-state index contributed by atoms with van der Waals surface area (Å²) < 4.78 is 4.82. The maximum atomic E-state index is 13.9. The van der Waals surface area contributed by atoms with E-state index in [4.69, 9.17) is 4.74 Å². The van der Waals surface area contributed by atoms with Crippen molar-refractivity contribution in [1.82, 2.24) is 35.1 Å². The number of nitrogens with one attached hydrogen (secondary N) is 3. The Morgan fingerprint density at radius 2 is 1.39 bits per heavy atom. The van der Waals surface area contributed by atoms with Gasteiger partial charge in [-0.15, -0.1) is 0 Å². The molecule has 4 heterocycles. The third-order valence-electron chi connectivity index (χ3n) is 10.8. The molecule has 4 atom stereocenters. The van der Waals surface area contributed by atoms with Crippen LogP contribution in [0.4, 0.5) is 4.79 Å². The standard InChI is InChI=1S/C45H47N7O4/c1-28(2)30(4)43(53)51-23-9-12-38(51)41-46-25-36(48-41)33-19-15-31(16-20-33)13-14-32-17-21-34(22-18-32)37-26-47-42(49-37)39-24-29(3)27-52(39)44(54)40(50-45(55)56-5)35-10-7-6-8-11-35/h6-8,10-11,15-22,24-26,28,30,38-40H,9,12,23,27H2,1-5H3,(H,46,48)(H,47,49)(H,50,55)/t30-,38-,39-,40+/m0/s1. The van der Waals surface area contributed by atoms with Crippen molar-refractivity contribution < 1.29 is 19.1 Å². The molecule has 0 unspecified atom stereocenters. The molecule has 3 N–H and O–H groups in total. The van der Waals surface area contributed by atoms with Gasteiger partial charge in [-0.1, -0.05) is 98.9 Å². The zero-order valence-corrected chi connectivity index (χ0v) is 32.4. The third kappa shape index (κ3) is 8.15. The molecule has 3 amide bonds. The van der Waals surface area contributed by atoms with Gasteiger partial charge in [-0.25, -0.2) is 14.8 Å². The lowest BCUT2D eigenvalue weighted by Crippen LogP contribution is -2.43. The maximum Gasteiger partial charge on any atom is 0.407 e. The van der Waals surface area contributed by atoms with Gasteiger partial charge in [0.1, 0.15) is 23.7 Å². The van der Waals surface area contributed by atoms with Crippen LogP contribution in [-0.4, -0.2) is 67.8 Å². The highest BCUT2D eigenvalue weighted by atomic mass is 16.5. The highest BCUT2D eigenvalue weighted by molar-refractivity contribution is 5.88. The Kier molecular flexibility index (Phi) is 11.2. The number of alkyl carbamates (subject to hydrolysis) is 1. The van der Waals surface area contributed by atoms with Crippen LogP contribution < -0.4 is 5.32 Å². The lowest BCUT2D eigenvalue weighted by molar-refractivity contribution is -0.137. The van der Waals surface area contributed by atoms with Gasteiger partial charge in [0.2, 0.25) is 5.91 Å². The fourth-order valence-corrected chi connectivity index (χ4v) is 7.25. The molecule has 2 aliphatic rings. The first-order valence-electron chi connectivity index (χ1n) is 19.1. The van der Waals surface area contributed by atoms with Crippen LogP contribution in [0.3, 0.4) is 0 Å². The smallest absolute Gasteiger partial charge is 0.407 e. The van der Waals surface area contributed by atoms with Gasteiger partial charge in [0, 0.05) is 30.1 Å². The minimum atomic E-state index is -0.915. The van der Waals surface area contributed by atoms with Gasteiger partial charge in [-0.3, -0.25) is 9.59 Å². The summed E-state index contributed by atoms with van der Waals surface area (Å²) in [4.78, 5) is 59.3. The number of aromatic nitrogens is 4. The number of H-pyrrole nitrogens is 2. The highest BCUT2D eigenvalue weighted by Gasteiger charge is 2.37. The molecule has 1 saturated heterocycles. The molecule has 7 rings (SSSR count). The number of carbonyl (C=O) groups is 3. The van der Waals surface area contributed by atoms with E-state index in [1.807, 2.05) is 97.8 Å². The van der Waals surface area contributed by atoms with Crippen molar-refractivity contribution in [3.63, 3.8) is 0 Å². The van der Waals surface area contributed by atoms with E-state index in [0.29, 0.717) is 23.9 Å². The number of hydrogen-bond donors (Lipinski definition) is 3. The topological polar surface area (TPSA) is 136 Å². The molecule has 2 aromatic heterocycles. The molecule has 0 aliphatic carbocycles. The van der Waals surface area contributed by atoms with Gasteiger partial charge in [0.25, 0.3) is 5.91 Å². The van der Waals surface area contributed by atoms with Gasteiger partial charge >= 0.3 is 6.09 Å². The number of amides is 3. The van der Waals surface area contributed by atoms with Crippen molar-refractivity contribution in [2.24, 2.45) is 11.8 Å². The van der Waals surface area contributed by atoms with Crippen LogP contribution >= 0.6 is 0 Å². The normalized spacial score (nSPS) is 17.6. The molecule has 11 heteroatoms. The SMILES string of the molecule is COC(=O)N[C@@H](C(=O)N1CC(C)=C[C@H]1c1ncc(-c2ccc(C#Cc3ccc(-c4cnc([C@@H]5CCCN5C(=O)[C@@H](C)C(C)C)[nH]4)cc3)cc2)[nH]1)c1ccccc1. The Hall–Kier alpha value is -6.41. The summed E-state index contributed by atoms with van der Waals surface area (Å²) in [5.41, 5.74) is 7.11. The fourth-order valence-electron chi connectivity index (χ4n) is 7.25. The zero-order chi connectivity index (χ0) is 39.3. The summed E-state index contributed by atoms with van der Waals surface area (Å²) in [5, 5.41) is 2.70. The van der Waals surface area contributed by atoms with Crippen molar-refractivity contribution >= 4 is 17.9 Å². The first-order valence-corrected chi connectivity index (χ1v) is 19.1. The number of carbonyl (C=O) groups excluding carboxylic acids is 3. The third-order valence-corrected chi connectivity index (χ3v) is 10.8. The van der Waals surface area contributed by atoms with Crippen molar-refractivity contribution in [2.45, 2.75) is 58.7 Å². The van der Waals surface area contributed by atoms with Gasteiger partial charge in [0.15, 0.2) is 0 Å². The van der Waals surface area contributed by atoms with Gasteiger partial charge in [0.05, 0.1) is 36.9 Å². The van der Waals surface area contributed by atoms with E-state index in [1.54, 1.807) is 23.2 Å². The summed E-state index contributed by atoms with van der Waals surface area (Å²) >= 11 is 0. The van der Waals surface area contributed by atoms with Crippen LogP contribution in [0.2, 0.25) is 0 Å². The van der Waals surface area contributed by atoms with E-state index in [1.165, 1.54) is 7.11 Å². The minimum absolute atomic E-state index is 0.0170. The molecule has 5 aromatic rings. The molecule has 0 spiro atoms. The van der Waals surface area contributed by atoms with Gasteiger partial charge in [-0.05, 0) is 66.6 Å². The first-order chi connectivity index (χ1) is 27.1. The molecule has 56 heavy (non-hydrogen) atoms. The molecule has 0 bridgehead atoms. The molecule has 0 radical (unpaired) electrons. The zero-order valence-electron chi connectivity index (χ0n) is 32.4. The number of likely N-dealkylation sites (tertiary alicyclic amines) is 1. The number of aromatic amines is 2. The van der Waals surface area contributed by atoms with Crippen molar-refractivity contribution in [3.8, 4) is 34.4 Å². The van der Waals surface area contributed by atoms with E-state index in [-0.39, 0.29) is 23.8 Å². The van der Waals surface area contributed by atoms with Crippen LogP contribution in [0, 0.1) is 23.7 Å². The predicted molar refractivity (Wildman–Crippen MR) is 215 cm³/mol. The molecular formula is C45H47N7O4.